The lowest BCUT2D eigenvalue weighted by molar-refractivity contribution is -0.123. The number of hydrogen-bond acceptors (Lipinski definition) is 4. The van der Waals surface area contributed by atoms with Crippen LogP contribution in [0.15, 0.2) is 66.7 Å². The van der Waals surface area contributed by atoms with Crippen LogP contribution in [0.5, 0.6) is 11.5 Å². The molecule has 0 atom stereocenters. The van der Waals surface area contributed by atoms with E-state index in [2.05, 4.69) is 5.32 Å². The van der Waals surface area contributed by atoms with Gasteiger partial charge in [0.1, 0.15) is 23.9 Å². The summed E-state index contributed by atoms with van der Waals surface area (Å²) >= 11 is 6.88. The highest BCUT2D eigenvalue weighted by atomic mass is 35.5. The standard InChI is InChI=1S/C32H34ClFN2O3/c1-21-18-23(34)9-12-26(21)28-7-4-6-22-19-24(37)10-13-27(22)32(28)29-14-11-25(20-30(29)33)39-17-16-35-15-5-8-31(38)36(2)3/h5,8-14,18-20,35,37H,4,6-7,15-17H2,1-3H3/b8-5+. The van der Waals surface area contributed by atoms with Crippen LogP contribution in [-0.4, -0.2) is 49.7 Å². The Morgan fingerprint density at radius 1 is 1.08 bits per heavy atom. The molecule has 0 spiro atoms. The monoisotopic (exact) mass is 548 g/mol. The number of carbonyl (C=O) groups excluding carboxylic acids is 1. The van der Waals surface area contributed by atoms with Gasteiger partial charge in [-0.3, -0.25) is 4.79 Å². The summed E-state index contributed by atoms with van der Waals surface area (Å²) in [6, 6.07) is 16.1. The number of nitrogens with one attached hydrogen (secondary N) is 1. The van der Waals surface area contributed by atoms with Gasteiger partial charge in [-0.15, -0.1) is 0 Å². The van der Waals surface area contributed by atoms with Crippen molar-refractivity contribution < 1.29 is 19.0 Å². The van der Waals surface area contributed by atoms with Gasteiger partial charge in [0.05, 0.1) is 5.02 Å². The molecule has 3 aromatic rings. The summed E-state index contributed by atoms with van der Waals surface area (Å²) in [4.78, 5) is 13.1. The van der Waals surface area contributed by atoms with Gasteiger partial charge in [0.25, 0.3) is 0 Å². The second-order valence-electron chi connectivity index (χ2n) is 9.84. The highest BCUT2D eigenvalue weighted by Gasteiger charge is 2.23. The molecule has 7 heteroatoms. The highest BCUT2D eigenvalue weighted by molar-refractivity contribution is 6.33. The molecule has 0 aromatic heterocycles. The average Bonchev–Trinajstić information content (AvgIpc) is 3.07. The topological polar surface area (TPSA) is 61.8 Å². The summed E-state index contributed by atoms with van der Waals surface area (Å²) in [6.45, 7) is 3.54. The van der Waals surface area contributed by atoms with Crippen molar-refractivity contribution in [2.24, 2.45) is 0 Å². The first-order valence-electron chi connectivity index (χ1n) is 13.1. The quantitative estimate of drug-likeness (QED) is 0.240. The van der Waals surface area contributed by atoms with Crippen LogP contribution in [0.3, 0.4) is 0 Å². The first kappa shape index (κ1) is 28.4. The second-order valence-corrected chi connectivity index (χ2v) is 10.2. The third-order valence-electron chi connectivity index (χ3n) is 6.77. The number of nitrogens with zero attached hydrogens (tertiary/aromatic N) is 1. The number of aromatic hydroxyl groups is 1. The number of likely N-dealkylation sites (N-methyl/N-ethyl adjacent to an activating group) is 1. The van der Waals surface area contributed by atoms with E-state index in [1.807, 2.05) is 43.3 Å². The molecule has 0 fully saturated rings. The fourth-order valence-corrected chi connectivity index (χ4v) is 5.11. The number of benzene rings is 3. The molecular weight excluding hydrogens is 515 g/mol. The molecule has 0 bridgehead atoms. The molecule has 0 radical (unpaired) electrons. The molecule has 4 rings (SSSR count). The number of amides is 1. The molecule has 0 saturated heterocycles. The van der Waals surface area contributed by atoms with E-state index in [9.17, 15) is 14.3 Å². The van der Waals surface area contributed by atoms with Crippen LogP contribution < -0.4 is 10.1 Å². The van der Waals surface area contributed by atoms with E-state index in [4.69, 9.17) is 16.3 Å². The van der Waals surface area contributed by atoms with E-state index in [0.29, 0.717) is 30.5 Å². The smallest absolute Gasteiger partial charge is 0.245 e. The van der Waals surface area contributed by atoms with E-state index in [-0.39, 0.29) is 17.5 Å². The third-order valence-corrected chi connectivity index (χ3v) is 7.08. The minimum absolute atomic E-state index is 0.0521. The first-order valence-corrected chi connectivity index (χ1v) is 13.5. The third kappa shape index (κ3) is 7.08. The number of allylic oxidation sites excluding steroid dienone is 1. The number of phenols is 1. The Kier molecular flexibility index (Phi) is 9.44. The zero-order valence-electron chi connectivity index (χ0n) is 22.6. The minimum Gasteiger partial charge on any atom is -0.508 e. The molecule has 3 aromatic carbocycles. The molecule has 1 aliphatic carbocycles. The van der Waals surface area contributed by atoms with Crippen LogP contribution in [0, 0.1) is 12.7 Å². The number of halogens is 2. The number of ether oxygens (including phenoxy) is 1. The molecule has 0 saturated carbocycles. The normalized spacial score (nSPS) is 13.4. The number of hydrogen-bond donors (Lipinski definition) is 2. The zero-order valence-corrected chi connectivity index (χ0v) is 23.3. The Balaban J connectivity index is 1.59. The number of phenolic OH excluding ortho intramolecular Hbond substituents is 1. The number of fused-ring (bicyclic) bond motifs is 1. The maximum Gasteiger partial charge on any atom is 0.245 e. The van der Waals surface area contributed by atoms with Gasteiger partial charge in [-0.2, -0.15) is 0 Å². The Bertz CT molecular complexity index is 1410. The summed E-state index contributed by atoms with van der Waals surface area (Å²) in [5, 5.41) is 13.9. The van der Waals surface area contributed by atoms with Crippen molar-refractivity contribution >= 4 is 28.7 Å². The van der Waals surface area contributed by atoms with Gasteiger partial charge >= 0.3 is 0 Å². The van der Waals surface area contributed by atoms with Crippen molar-refractivity contribution in [2.75, 3.05) is 33.8 Å². The number of carbonyl (C=O) groups is 1. The van der Waals surface area contributed by atoms with E-state index < -0.39 is 0 Å². The number of aryl methyl sites for hydroxylation is 2. The van der Waals surface area contributed by atoms with Crippen molar-refractivity contribution in [2.45, 2.75) is 26.2 Å². The molecular formula is C32H34ClFN2O3. The summed E-state index contributed by atoms with van der Waals surface area (Å²) in [7, 11) is 3.43. The number of rotatable bonds is 9. The molecule has 2 N–H and O–H groups in total. The predicted octanol–water partition coefficient (Wildman–Crippen LogP) is 6.40. The molecule has 5 nitrogen and oxygen atoms in total. The Labute approximate surface area is 234 Å². The molecule has 39 heavy (non-hydrogen) atoms. The fourth-order valence-electron chi connectivity index (χ4n) is 4.84. The van der Waals surface area contributed by atoms with Crippen molar-refractivity contribution in [1.29, 1.82) is 0 Å². The van der Waals surface area contributed by atoms with Crippen LogP contribution in [0.4, 0.5) is 4.39 Å². The van der Waals surface area contributed by atoms with Crippen molar-refractivity contribution in [1.82, 2.24) is 10.2 Å². The molecule has 0 heterocycles. The Hall–Kier alpha value is -3.61. The summed E-state index contributed by atoms with van der Waals surface area (Å²) < 4.78 is 19.9. The van der Waals surface area contributed by atoms with Crippen LogP contribution in [0.2, 0.25) is 5.02 Å². The highest BCUT2D eigenvalue weighted by Crippen LogP contribution is 2.44. The summed E-state index contributed by atoms with van der Waals surface area (Å²) in [6.07, 6.45) is 5.84. The van der Waals surface area contributed by atoms with E-state index in [1.54, 1.807) is 32.3 Å². The predicted molar refractivity (Wildman–Crippen MR) is 156 cm³/mol. The lowest BCUT2D eigenvalue weighted by Gasteiger charge is -2.19. The maximum atomic E-state index is 14.0. The van der Waals surface area contributed by atoms with Gasteiger partial charge in [0.2, 0.25) is 5.91 Å². The van der Waals surface area contributed by atoms with Crippen molar-refractivity contribution in [3.05, 3.63) is 105 Å². The van der Waals surface area contributed by atoms with Crippen LogP contribution in [0.1, 0.15) is 40.7 Å². The van der Waals surface area contributed by atoms with Gasteiger partial charge < -0.3 is 20.1 Å². The molecule has 1 amide bonds. The first-order chi connectivity index (χ1) is 18.7. The van der Waals surface area contributed by atoms with E-state index in [1.165, 1.54) is 17.0 Å². The molecule has 0 unspecified atom stereocenters. The fraction of sp³-hybridized carbons (Fsp3) is 0.281. The minimum atomic E-state index is -0.260. The molecule has 0 aliphatic heterocycles. The van der Waals surface area contributed by atoms with Crippen molar-refractivity contribution in [3.63, 3.8) is 0 Å². The van der Waals surface area contributed by atoms with Gasteiger partial charge in [-0.1, -0.05) is 29.8 Å². The lowest BCUT2D eigenvalue weighted by atomic mass is 9.86. The Morgan fingerprint density at radius 3 is 2.59 bits per heavy atom. The zero-order chi connectivity index (χ0) is 27.9. The van der Waals surface area contributed by atoms with Crippen LogP contribution in [0.25, 0.3) is 11.1 Å². The van der Waals surface area contributed by atoms with E-state index in [0.717, 1.165) is 58.2 Å². The Morgan fingerprint density at radius 2 is 1.85 bits per heavy atom. The SMILES string of the molecule is Cc1cc(F)ccc1C1=C(c2ccc(OCCNC/C=C/C(=O)N(C)C)cc2Cl)c2ccc(O)cc2CCC1. The maximum absolute atomic E-state index is 14.0. The largest absolute Gasteiger partial charge is 0.508 e. The summed E-state index contributed by atoms with van der Waals surface area (Å²) in [5.74, 6) is 0.578. The van der Waals surface area contributed by atoms with Gasteiger partial charge in [0, 0.05) is 38.8 Å². The van der Waals surface area contributed by atoms with Gasteiger partial charge in [-0.05, 0) is 102 Å². The summed E-state index contributed by atoms with van der Waals surface area (Å²) in [5.41, 5.74) is 6.91. The second kappa shape index (κ2) is 13.0. The lowest BCUT2D eigenvalue weighted by Crippen LogP contribution is -2.22. The average molecular weight is 549 g/mol. The van der Waals surface area contributed by atoms with E-state index >= 15 is 0 Å². The van der Waals surface area contributed by atoms with Crippen molar-refractivity contribution in [3.8, 4) is 11.5 Å². The molecule has 1 aliphatic rings. The van der Waals surface area contributed by atoms with Crippen LogP contribution >= 0.6 is 11.6 Å². The molecule has 204 valence electrons. The van der Waals surface area contributed by atoms with Gasteiger partial charge in [-0.25, -0.2) is 4.39 Å². The van der Waals surface area contributed by atoms with Gasteiger partial charge in [0.15, 0.2) is 0 Å². The van der Waals surface area contributed by atoms with Crippen LogP contribution in [-0.2, 0) is 11.2 Å².